The van der Waals surface area contributed by atoms with Crippen molar-refractivity contribution < 1.29 is 43.9 Å². The van der Waals surface area contributed by atoms with Gasteiger partial charge in [-0.2, -0.15) is 32.0 Å². The summed E-state index contributed by atoms with van der Waals surface area (Å²) in [5.41, 5.74) is -0.932. The summed E-state index contributed by atoms with van der Waals surface area (Å²) in [5.74, 6) is -9.14. The Balaban J connectivity index is 2.15. The van der Waals surface area contributed by atoms with Crippen LogP contribution in [0.3, 0.4) is 0 Å². The predicted octanol–water partition coefficient (Wildman–Crippen LogP) is 4.01. The molecule has 3 rings (SSSR count). The highest BCUT2D eigenvalue weighted by Crippen LogP contribution is 2.43. The molecule has 0 atom stereocenters. The molecule has 2 heterocycles. The molecule has 2 aromatic heterocycles. The van der Waals surface area contributed by atoms with Crippen molar-refractivity contribution in [2.45, 2.75) is 23.9 Å². The molecule has 0 radical (unpaired) electrons. The van der Waals surface area contributed by atoms with E-state index in [9.17, 15) is 43.9 Å². The Hall–Kier alpha value is -3.14. The van der Waals surface area contributed by atoms with Crippen LogP contribution in [-0.2, 0) is 22.8 Å². The third kappa shape index (κ3) is 5.27. The van der Waals surface area contributed by atoms with Gasteiger partial charge in [0.05, 0.1) is 10.6 Å². The van der Waals surface area contributed by atoms with Crippen LogP contribution < -0.4 is 4.80 Å². The van der Waals surface area contributed by atoms with Gasteiger partial charge in [0.25, 0.3) is 5.91 Å². The van der Waals surface area contributed by atoms with Crippen LogP contribution in [0.15, 0.2) is 40.4 Å². The van der Waals surface area contributed by atoms with Crippen molar-refractivity contribution in [2.24, 2.45) is 12.0 Å². The first-order valence-corrected chi connectivity index (χ1v) is 11.8. The lowest BCUT2D eigenvalue weighted by atomic mass is 10.1. The number of halogens is 7. The van der Waals surface area contributed by atoms with Crippen LogP contribution in [0.1, 0.15) is 22.4 Å². The summed E-state index contributed by atoms with van der Waals surface area (Å²) in [6, 6.07) is 3.31. The number of pyridine rings is 1. The van der Waals surface area contributed by atoms with E-state index >= 15 is 0 Å². The average Bonchev–Trinajstić information content (AvgIpc) is 3.12. The van der Waals surface area contributed by atoms with Crippen molar-refractivity contribution in [1.29, 1.82) is 0 Å². The van der Waals surface area contributed by atoms with E-state index in [-0.39, 0.29) is 22.5 Å². The van der Waals surface area contributed by atoms with E-state index in [1.165, 1.54) is 6.92 Å². The summed E-state index contributed by atoms with van der Waals surface area (Å²) < 4.78 is 118. The summed E-state index contributed by atoms with van der Waals surface area (Å²) in [6.45, 7) is 1.24. The summed E-state index contributed by atoms with van der Waals surface area (Å²) in [5, 5.41) is 1.38. The normalized spacial score (nSPS) is 13.3. The van der Waals surface area contributed by atoms with Gasteiger partial charge in [-0.1, -0.05) is 18.3 Å². The SMILES string of the molecule is CCS(=O)(=O)c1cc(-c2cc(F)cc(F)c2)cnc1C(=O)N=c1sc(C(F)(F)C(F)(F)F)nn1C. The number of carbonyl (C=O) groups excluding carboxylic acids is 1. The van der Waals surface area contributed by atoms with Crippen molar-refractivity contribution in [3.63, 3.8) is 0 Å². The number of aromatic nitrogens is 3. The Bertz CT molecular complexity index is 1460. The van der Waals surface area contributed by atoms with E-state index < -0.39 is 65.6 Å². The van der Waals surface area contributed by atoms with Gasteiger partial charge in [0, 0.05) is 24.9 Å². The summed E-state index contributed by atoms with van der Waals surface area (Å²) in [4.78, 5) is 18.5. The molecule has 0 saturated heterocycles. The van der Waals surface area contributed by atoms with Gasteiger partial charge >= 0.3 is 12.1 Å². The van der Waals surface area contributed by atoms with Crippen molar-refractivity contribution in [2.75, 3.05) is 5.75 Å². The Kier molecular flexibility index (Phi) is 6.91. The third-order valence-corrected chi connectivity index (χ3v) is 7.30. The highest BCUT2D eigenvalue weighted by molar-refractivity contribution is 7.91. The van der Waals surface area contributed by atoms with E-state index in [0.717, 1.165) is 31.4 Å². The van der Waals surface area contributed by atoms with Gasteiger partial charge in [-0.25, -0.2) is 26.9 Å². The first-order valence-electron chi connectivity index (χ1n) is 9.34. The van der Waals surface area contributed by atoms with Gasteiger partial charge in [-0.3, -0.25) is 4.79 Å². The summed E-state index contributed by atoms with van der Waals surface area (Å²) in [6.07, 6.45) is -5.02. The van der Waals surface area contributed by atoms with Crippen LogP contribution in [0.5, 0.6) is 0 Å². The Morgan fingerprint density at radius 3 is 2.20 bits per heavy atom. The predicted molar refractivity (Wildman–Crippen MR) is 108 cm³/mol. The van der Waals surface area contributed by atoms with E-state index in [1.54, 1.807) is 0 Å². The lowest BCUT2D eigenvalue weighted by molar-refractivity contribution is -0.289. The fourth-order valence-corrected chi connectivity index (χ4v) is 4.64. The second-order valence-corrected chi connectivity index (χ2v) is 10.1. The average molecular weight is 542 g/mol. The number of amides is 1. The molecule has 188 valence electrons. The molecule has 7 nitrogen and oxygen atoms in total. The number of rotatable bonds is 5. The van der Waals surface area contributed by atoms with Gasteiger partial charge < -0.3 is 0 Å². The molecule has 0 N–H and O–H groups in total. The largest absolute Gasteiger partial charge is 0.460 e. The van der Waals surface area contributed by atoms with E-state index in [4.69, 9.17) is 0 Å². The fourth-order valence-electron chi connectivity index (χ4n) is 2.71. The minimum atomic E-state index is -5.95. The zero-order chi connectivity index (χ0) is 26.3. The lowest BCUT2D eigenvalue weighted by Crippen LogP contribution is -2.33. The molecule has 0 fully saturated rings. The topological polar surface area (TPSA) is 94.3 Å². The molecule has 0 spiro atoms. The minimum absolute atomic E-state index is 0.0672. The van der Waals surface area contributed by atoms with Gasteiger partial charge in [-0.05, 0) is 23.8 Å². The molecule has 16 heteroatoms. The number of hydrogen-bond acceptors (Lipinski definition) is 6. The molecule has 0 unspecified atom stereocenters. The van der Waals surface area contributed by atoms with E-state index in [0.29, 0.717) is 10.7 Å². The number of hydrogen-bond donors (Lipinski definition) is 0. The molecule has 3 aromatic rings. The number of alkyl halides is 5. The van der Waals surface area contributed by atoms with Crippen LogP contribution in [-0.4, -0.2) is 41.0 Å². The smallest absolute Gasteiger partial charge is 0.265 e. The number of carbonyl (C=O) groups is 1. The van der Waals surface area contributed by atoms with Gasteiger partial charge in [0.2, 0.25) is 4.80 Å². The second kappa shape index (κ2) is 9.14. The molecule has 35 heavy (non-hydrogen) atoms. The second-order valence-electron chi connectivity index (χ2n) is 6.93. The molecule has 0 saturated carbocycles. The maximum Gasteiger partial charge on any atom is 0.460 e. The molecule has 0 aliphatic rings. The molecule has 1 aromatic carbocycles. The highest BCUT2D eigenvalue weighted by Gasteiger charge is 2.61. The number of sulfone groups is 1. The first kappa shape index (κ1) is 26.5. The van der Waals surface area contributed by atoms with E-state index in [1.807, 2.05) is 0 Å². The van der Waals surface area contributed by atoms with E-state index in [2.05, 4.69) is 15.1 Å². The van der Waals surface area contributed by atoms with Crippen molar-refractivity contribution in [1.82, 2.24) is 14.8 Å². The third-order valence-electron chi connectivity index (χ3n) is 4.49. The number of aryl methyl sites for hydroxylation is 1. The molecule has 0 bridgehead atoms. The maximum atomic E-state index is 13.6. The van der Waals surface area contributed by atoms with Crippen molar-refractivity contribution in [3.05, 3.63) is 57.6 Å². The zero-order valence-electron chi connectivity index (χ0n) is 17.6. The summed E-state index contributed by atoms with van der Waals surface area (Å²) in [7, 11) is -3.23. The highest BCUT2D eigenvalue weighted by atomic mass is 32.2. The van der Waals surface area contributed by atoms with Gasteiger partial charge in [-0.15, -0.1) is 0 Å². The Morgan fingerprint density at radius 2 is 1.66 bits per heavy atom. The van der Waals surface area contributed by atoms with Crippen LogP contribution >= 0.6 is 11.3 Å². The number of benzene rings is 1. The van der Waals surface area contributed by atoms with Crippen molar-refractivity contribution in [3.8, 4) is 11.1 Å². The molecule has 0 aliphatic carbocycles. The number of nitrogens with zero attached hydrogens (tertiary/aromatic N) is 4. The van der Waals surface area contributed by atoms with Crippen LogP contribution in [0, 0.1) is 11.6 Å². The molecular weight excluding hydrogens is 529 g/mol. The molecular formula is C19H13F7N4O3S2. The molecule has 1 amide bonds. The van der Waals surface area contributed by atoms with Crippen LogP contribution in [0.4, 0.5) is 30.7 Å². The fraction of sp³-hybridized carbons (Fsp3) is 0.263. The molecule has 0 aliphatic heterocycles. The van der Waals surface area contributed by atoms with Gasteiger partial charge in [0.1, 0.15) is 17.3 Å². The Morgan fingerprint density at radius 1 is 1.06 bits per heavy atom. The van der Waals surface area contributed by atoms with Crippen LogP contribution in [0.2, 0.25) is 0 Å². The monoisotopic (exact) mass is 542 g/mol. The lowest BCUT2D eigenvalue weighted by Gasteiger charge is -2.15. The maximum absolute atomic E-state index is 13.6. The zero-order valence-corrected chi connectivity index (χ0v) is 19.2. The first-order chi connectivity index (χ1) is 16.1. The quantitative estimate of drug-likeness (QED) is 0.455. The minimum Gasteiger partial charge on any atom is -0.265 e. The van der Waals surface area contributed by atoms with Gasteiger partial charge in [0.15, 0.2) is 14.8 Å². The van der Waals surface area contributed by atoms with Crippen LogP contribution in [0.25, 0.3) is 11.1 Å². The van der Waals surface area contributed by atoms with Crippen molar-refractivity contribution >= 4 is 27.1 Å². The standard InChI is InChI=1S/C19H13F7N4O3S2/c1-3-35(32,33)13-6-10(9-4-11(20)7-12(21)5-9)8-27-14(13)15(31)28-17-30(2)29-16(34-17)18(22,23)19(24,25)26/h4-8H,3H2,1-2H3. The summed E-state index contributed by atoms with van der Waals surface area (Å²) >= 11 is -0.228. The Labute approximate surface area is 196 Å².